The maximum absolute atomic E-state index is 11.5. The highest BCUT2D eigenvalue weighted by Gasteiger charge is 2.26. The van der Waals surface area contributed by atoms with Gasteiger partial charge in [0.05, 0.1) is 19.8 Å². The van der Waals surface area contributed by atoms with E-state index >= 15 is 0 Å². The Labute approximate surface area is 110 Å². The molecule has 4 heteroatoms. The molecule has 0 bridgehead atoms. The molecule has 0 aromatic carbocycles. The van der Waals surface area contributed by atoms with Crippen LogP contribution in [0.25, 0.3) is 0 Å². The van der Waals surface area contributed by atoms with Crippen LogP contribution in [0.1, 0.15) is 40.0 Å². The molecule has 0 aromatic heterocycles. The summed E-state index contributed by atoms with van der Waals surface area (Å²) in [6.45, 7) is 7.66. The molecule has 1 rings (SSSR count). The number of likely N-dealkylation sites (N-methyl/N-ethyl adjacent to an activating group) is 1. The van der Waals surface area contributed by atoms with Gasteiger partial charge in [-0.3, -0.25) is 4.79 Å². The summed E-state index contributed by atoms with van der Waals surface area (Å²) >= 11 is 0. The zero-order valence-corrected chi connectivity index (χ0v) is 12.1. The largest absolute Gasteiger partial charge is 0.468 e. The van der Waals surface area contributed by atoms with Gasteiger partial charge in [-0.1, -0.05) is 20.8 Å². The lowest BCUT2D eigenvalue weighted by atomic mass is 9.82. The number of methoxy groups -OCH3 is 1. The Morgan fingerprint density at radius 1 is 1.28 bits per heavy atom. The average Bonchev–Trinajstić information content (AvgIpc) is 2.32. The third kappa shape index (κ3) is 4.94. The molecule has 106 valence electrons. The molecule has 0 spiro atoms. The highest BCUT2D eigenvalue weighted by Crippen LogP contribution is 2.30. The highest BCUT2D eigenvalue weighted by atomic mass is 16.5. The van der Waals surface area contributed by atoms with E-state index in [1.807, 2.05) is 6.92 Å². The molecule has 1 fully saturated rings. The van der Waals surface area contributed by atoms with Crippen LogP contribution in [0.2, 0.25) is 0 Å². The van der Waals surface area contributed by atoms with Crippen LogP contribution in [0.3, 0.4) is 0 Å². The monoisotopic (exact) mass is 257 g/mol. The minimum absolute atomic E-state index is 0.242. The van der Waals surface area contributed by atoms with Crippen LogP contribution in [0.5, 0.6) is 0 Å². The number of ether oxygens (including phenoxy) is 2. The molecule has 0 aromatic rings. The van der Waals surface area contributed by atoms with Crippen LogP contribution in [0, 0.1) is 11.8 Å². The van der Waals surface area contributed by atoms with E-state index in [1.54, 1.807) is 0 Å². The van der Waals surface area contributed by atoms with Crippen molar-refractivity contribution in [3.8, 4) is 0 Å². The Morgan fingerprint density at radius 2 is 1.89 bits per heavy atom. The van der Waals surface area contributed by atoms with E-state index in [-0.39, 0.29) is 18.1 Å². The predicted molar refractivity (Wildman–Crippen MR) is 71.4 cm³/mol. The van der Waals surface area contributed by atoms with Gasteiger partial charge in [0.15, 0.2) is 0 Å². The van der Waals surface area contributed by atoms with Crippen LogP contribution >= 0.6 is 0 Å². The fraction of sp³-hybridized carbons (Fsp3) is 0.929. The first-order valence-corrected chi connectivity index (χ1v) is 6.99. The quantitative estimate of drug-likeness (QED) is 0.739. The minimum Gasteiger partial charge on any atom is -0.468 e. The van der Waals surface area contributed by atoms with Crippen molar-refractivity contribution in [3.63, 3.8) is 0 Å². The van der Waals surface area contributed by atoms with E-state index in [9.17, 15) is 4.79 Å². The number of carbonyl (C=O) groups excluding carboxylic acids is 1. The fourth-order valence-corrected chi connectivity index (χ4v) is 2.84. The number of esters is 1. The molecule has 0 radical (unpaired) electrons. The average molecular weight is 257 g/mol. The maximum Gasteiger partial charge on any atom is 0.325 e. The molecule has 0 amide bonds. The number of hydrogen-bond donors (Lipinski definition) is 1. The van der Waals surface area contributed by atoms with Gasteiger partial charge in [-0.25, -0.2) is 0 Å². The Bertz CT molecular complexity index is 247. The van der Waals surface area contributed by atoms with Crippen molar-refractivity contribution < 1.29 is 14.3 Å². The van der Waals surface area contributed by atoms with E-state index in [2.05, 4.69) is 19.2 Å². The fourth-order valence-electron chi connectivity index (χ4n) is 2.84. The summed E-state index contributed by atoms with van der Waals surface area (Å²) in [6.07, 6.45) is 3.77. The molecule has 3 unspecified atom stereocenters. The molecule has 1 aliphatic carbocycles. The maximum atomic E-state index is 11.5. The Morgan fingerprint density at radius 3 is 2.39 bits per heavy atom. The van der Waals surface area contributed by atoms with E-state index in [4.69, 9.17) is 9.47 Å². The lowest BCUT2D eigenvalue weighted by Crippen LogP contribution is -2.42. The molecule has 0 aliphatic heterocycles. The van der Waals surface area contributed by atoms with Crippen molar-refractivity contribution in [1.29, 1.82) is 0 Å². The Hall–Kier alpha value is -0.610. The number of carbonyl (C=O) groups is 1. The minimum atomic E-state index is -0.340. The molecule has 4 nitrogen and oxygen atoms in total. The zero-order valence-electron chi connectivity index (χ0n) is 12.1. The zero-order chi connectivity index (χ0) is 13.5. The summed E-state index contributed by atoms with van der Waals surface area (Å²) in [4.78, 5) is 11.5. The van der Waals surface area contributed by atoms with Gasteiger partial charge in [0, 0.05) is 0 Å². The summed E-state index contributed by atoms with van der Waals surface area (Å²) in [6, 6.07) is -0.340. The summed E-state index contributed by atoms with van der Waals surface area (Å²) in [7, 11) is 1.41. The molecule has 1 saturated carbocycles. The Balaban J connectivity index is 2.38. The Kier molecular flexibility index (Phi) is 6.65. The summed E-state index contributed by atoms with van der Waals surface area (Å²) < 4.78 is 10.7. The van der Waals surface area contributed by atoms with Gasteiger partial charge < -0.3 is 14.8 Å². The molecule has 3 atom stereocenters. The first-order chi connectivity index (χ1) is 8.56. The second kappa shape index (κ2) is 7.74. The summed E-state index contributed by atoms with van der Waals surface area (Å²) in [5, 5.41) is 3.10. The van der Waals surface area contributed by atoms with Crippen molar-refractivity contribution in [3.05, 3.63) is 0 Å². The standard InChI is InChI=1S/C14H27NO3/c1-5-15-13(14(16)17-4)9-18-12-7-10(2)6-11(3)8-12/h10-13,15H,5-9H2,1-4H3. The van der Waals surface area contributed by atoms with Gasteiger partial charge in [-0.2, -0.15) is 0 Å². The normalized spacial score (nSPS) is 29.9. The second-order valence-corrected chi connectivity index (χ2v) is 5.51. The van der Waals surface area contributed by atoms with Gasteiger partial charge in [-0.15, -0.1) is 0 Å². The topological polar surface area (TPSA) is 47.6 Å². The van der Waals surface area contributed by atoms with E-state index in [1.165, 1.54) is 13.5 Å². The van der Waals surface area contributed by atoms with Crippen molar-refractivity contribution >= 4 is 5.97 Å². The summed E-state index contributed by atoms with van der Waals surface area (Å²) in [5.41, 5.74) is 0. The molecule has 1 N–H and O–H groups in total. The van der Waals surface area contributed by atoms with E-state index in [0.717, 1.165) is 31.2 Å². The van der Waals surface area contributed by atoms with Gasteiger partial charge in [0.2, 0.25) is 0 Å². The van der Waals surface area contributed by atoms with Gasteiger partial charge >= 0.3 is 5.97 Å². The molecule has 0 heterocycles. The molecule has 0 saturated heterocycles. The number of hydrogen-bond acceptors (Lipinski definition) is 4. The van der Waals surface area contributed by atoms with E-state index in [0.29, 0.717) is 6.61 Å². The predicted octanol–water partition coefficient (Wildman–Crippen LogP) is 1.98. The van der Waals surface area contributed by atoms with Crippen LogP contribution in [-0.4, -0.2) is 38.4 Å². The first-order valence-electron chi connectivity index (χ1n) is 6.99. The van der Waals surface area contributed by atoms with Crippen molar-refractivity contribution in [2.24, 2.45) is 11.8 Å². The third-order valence-electron chi connectivity index (χ3n) is 3.57. The molecular formula is C14H27NO3. The van der Waals surface area contributed by atoms with Crippen LogP contribution in [0.15, 0.2) is 0 Å². The highest BCUT2D eigenvalue weighted by molar-refractivity contribution is 5.75. The third-order valence-corrected chi connectivity index (χ3v) is 3.57. The first kappa shape index (κ1) is 15.4. The SMILES string of the molecule is CCNC(COC1CC(C)CC(C)C1)C(=O)OC. The van der Waals surface area contributed by atoms with Gasteiger partial charge in [0.25, 0.3) is 0 Å². The smallest absolute Gasteiger partial charge is 0.325 e. The second-order valence-electron chi connectivity index (χ2n) is 5.51. The van der Waals surface area contributed by atoms with Gasteiger partial charge in [0.1, 0.15) is 6.04 Å². The van der Waals surface area contributed by atoms with Crippen LogP contribution < -0.4 is 5.32 Å². The molecule has 18 heavy (non-hydrogen) atoms. The van der Waals surface area contributed by atoms with Crippen molar-refractivity contribution in [2.75, 3.05) is 20.3 Å². The van der Waals surface area contributed by atoms with Crippen LogP contribution in [-0.2, 0) is 14.3 Å². The lowest BCUT2D eigenvalue weighted by molar-refractivity contribution is -0.145. The van der Waals surface area contributed by atoms with Crippen LogP contribution in [0.4, 0.5) is 0 Å². The van der Waals surface area contributed by atoms with E-state index < -0.39 is 0 Å². The molecular weight excluding hydrogens is 230 g/mol. The number of nitrogens with one attached hydrogen (secondary N) is 1. The summed E-state index contributed by atoms with van der Waals surface area (Å²) in [5.74, 6) is 1.19. The molecule has 1 aliphatic rings. The van der Waals surface area contributed by atoms with Crippen molar-refractivity contribution in [2.45, 2.75) is 52.2 Å². The van der Waals surface area contributed by atoms with Crippen molar-refractivity contribution in [1.82, 2.24) is 5.32 Å². The lowest BCUT2D eigenvalue weighted by Gasteiger charge is -2.32. The number of rotatable bonds is 6. The van der Waals surface area contributed by atoms with Gasteiger partial charge in [-0.05, 0) is 37.6 Å².